The van der Waals surface area contributed by atoms with E-state index in [4.69, 9.17) is 4.74 Å². The van der Waals surface area contributed by atoms with E-state index in [1.165, 1.54) is 77.6 Å². The lowest BCUT2D eigenvalue weighted by atomic mass is 9.89. The topological polar surface area (TPSA) is 26.3 Å². The molecule has 1 fully saturated rings. The molecule has 0 aromatic rings. The van der Waals surface area contributed by atoms with Gasteiger partial charge < -0.3 is 4.74 Å². The van der Waals surface area contributed by atoms with Crippen LogP contribution in [0.4, 0.5) is 0 Å². The van der Waals surface area contributed by atoms with Gasteiger partial charge in [0.2, 0.25) is 0 Å². The molecule has 0 N–H and O–H groups in total. The van der Waals surface area contributed by atoms with E-state index < -0.39 is 0 Å². The maximum Gasteiger partial charge on any atom is 0.302 e. The number of ether oxygens (including phenoxy) is 1. The van der Waals surface area contributed by atoms with E-state index in [-0.39, 0.29) is 12.1 Å². The van der Waals surface area contributed by atoms with Crippen molar-refractivity contribution in [3.8, 4) is 0 Å². The predicted molar refractivity (Wildman–Crippen MR) is 80.1 cm³/mol. The van der Waals surface area contributed by atoms with E-state index in [0.29, 0.717) is 0 Å². The summed E-state index contributed by atoms with van der Waals surface area (Å²) in [4.78, 5) is 11.0. The first-order valence-corrected chi connectivity index (χ1v) is 8.35. The number of hydrogen-bond donors (Lipinski definition) is 0. The van der Waals surface area contributed by atoms with Crippen molar-refractivity contribution in [3.63, 3.8) is 0 Å². The Balaban J connectivity index is 2.31. The van der Waals surface area contributed by atoms with Gasteiger partial charge >= 0.3 is 5.97 Å². The van der Waals surface area contributed by atoms with Crippen LogP contribution in [0.15, 0.2) is 0 Å². The standard InChI is InChI=1S/C17H32O2/c1-15(19-16(2)18)14-17-12-10-8-6-4-3-5-7-9-11-13-17/h15,17H,3-14H2,1-2H3/t15-/m1/s1. The fourth-order valence-corrected chi connectivity index (χ4v) is 3.28. The second-order valence-corrected chi connectivity index (χ2v) is 6.28. The molecule has 1 aliphatic carbocycles. The Kier molecular flexibility index (Phi) is 8.94. The van der Waals surface area contributed by atoms with Crippen molar-refractivity contribution < 1.29 is 9.53 Å². The Labute approximate surface area is 119 Å². The lowest BCUT2D eigenvalue weighted by Gasteiger charge is -2.21. The summed E-state index contributed by atoms with van der Waals surface area (Å²) < 4.78 is 5.29. The number of carbonyl (C=O) groups is 1. The average molecular weight is 268 g/mol. The second kappa shape index (κ2) is 10.3. The van der Waals surface area contributed by atoms with Gasteiger partial charge in [0.25, 0.3) is 0 Å². The summed E-state index contributed by atoms with van der Waals surface area (Å²) in [5.74, 6) is 0.620. The maximum atomic E-state index is 11.0. The first kappa shape index (κ1) is 16.5. The van der Waals surface area contributed by atoms with Crippen molar-refractivity contribution in [3.05, 3.63) is 0 Å². The zero-order chi connectivity index (χ0) is 13.9. The van der Waals surface area contributed by atoms with Gasteiger partial charge in [-0.25, -0.2) is 0 Å². The zero-order valence-corrected chi connectivity index (χ0v) is 13.0. The quantitative estimate of drug-likeness (QED) is 0.653. The van der Waals surface area contributed by atoms with Gasteiger partial charge in [0, 0.05) is 6.92 Å². The van der Waals surface area contributed by atoms with Crippen LogP contribution in [0.3, 0.4) is 0 Å². The molecule has 0 aromatic heterocycles. The van der Waals surface area contributed by atoms with Crippen LogP contribution < -0.4 is 0 Å². The Hall–Kier alpha value is -0.530. The Morgan fingerprint density at radius 1 is 0.947 bits per heavy atom. The lowest BCUT2D eigenvalue weighted by Crippen LogP contribution is -2.17. The van der Waals surface area contributed by atoms with E-state index >= 15 is 0 Å². The van der Waals surface area contributed by atoms with Gasteiger partial charge in [-0.05, 0) is 19.3 Å². The number of hydrogen-bond acceptors (Lipinski definition) is 2. The Morgan fingerprint density at radius 2 is 1.37 bits per heavy atom. The third-order valence-corrected chi connectivity index (χ3v) is 4.26. The normalized spacial score (nSPS) is 22.0. The average Bonchev–Trinajstić information content (AvgIpc) is 2.31. The highest BCUT2D eigenvalue weighted by atomic mass is 16.5. The summed E-state index contributed by atoms with van der Waals surface area (Å²) in [7, 11) is 0. The minimum atomic E-state index is -0.138. The van der Waals surface area contributed by atoms with E-state index in [0.717, 1.165) is 12.3 Å². The summed E-state index contributed by atoms with van der Waals surface area (Å²) in [6.07, 6.45) is 16.4. The Bertz CT molecular complexity index is 225. The molecule has 0 spiro atoms. The summed E-state index contributed by atoms with van der Waals surface area (Å²) >= 11 is 0. The summed E-state index contributed by atoms with van der Waals surface area (Å²) in [6.45, 7) is 3.55. The van der Waals surface area contributed by atoms with Crippen molar-refractivity contribution in [1.82, 2.24) is 0 Å². The molecular weight excluding hydrogens is 236 g/mol. The van der Waals surface area contributed by atoms with Crippen LogP contribution in [-0.2, 0) is 9.53 Å². The highest BCUT2D eigenvalue weighted by molar-refractivity contribution is 5.66. The van der Waals surface area contributed by atoms with E-state index in [1.54, 1.807) is 0 Å². The predicted octanol–water partition coefficient (Wildman–Crippen LogP) is 5.25. The van der Waals surface area contributed by atoms with Crippen LogP contribution >= 0.6 is 0 Å². The highest BCUT2D eigenvalue weighted by Crippen LogP contribution is 2.25. The molecule has 0 aliphatic heterocycles. The van der Waals surface area contributed by atoms with Gasteiger partial charge in [-0.1, -0.05) is 70.6 Å². The molecule has 2 heteroatoms. The molecule has 2 nitrogen and oxygen atoms in total. The molecule has 112 valence electrons. The SMILES string of the molecule is CC(=O)O[C@H](C)CC1CCCCCCCCCCC1. The summed E-state index contributed by atoms with van der Waals surface area (Å²) in [5, 5.41) is 0. The molecule has 1 aliphatic rings. The molecular formula is C17H32O2. The molecule has 0 aromatic carbocycles. The van der Waals surface area contributed by atoms with Crippen molar-refractivity contribution >= 4 is 5.97 Å². The van der Waals surface area contributed by atoms with Crippen LogP contribution in [-0.4, -0.2) is 12.1 Å². The smallest absolute Gasteiger partial charge is 0.302 e. The molecule has 0 radical (unpaired) electrons. The molecule has 0 saturated heterocycles. The fraction of sp³-hybridized carbons (Fsp3) is 0.941. The van der Waals surface area contributed by atoms with Crippen LogP contribution in [0.25, 0.3) is 0 Å². The van der Waals surface area contributed by atoms with Gasteiger partial charge in [0.15, 0.2) is 0 Å². The second-order valence-electron chi connectivity index (χ2n) is 6.28. The molecule has 1 rings (SSSR count). The van der Waals surface area contributed by atoms with Gasteiger partial charge in [-0.3, -0.25) is 4.79 Å². The van der Waals surface area contributed by atoms with Crippen LogP contribution in [0.1, 0.15) is 90.9 Å². The molecule has 0 unspecified atom stereocenters. The van der Waals surface area contributed by atoms with E-state index in [1.807, 2.05) is 6.92 Å². The molecule has 0 heterocycles. The third kappa shape index (κ3) is 9.07. The largest absolute Gasteiger partial charge is 0.463 e. The maximum absolute atomic E-state index is 11.0. The summed E-state index contributed by atoms with van der Waals surface area (Å²) in [6, 6.07) is 0. The van der Waals surface area contributed by atoms with E-state index in [2.05, 4.69) is 0 Å². The molecule has 0 bridgehead atoms. The third-order valence-electron chi connectivity index (χ3n) is 4.26. The summed E-state index contributed by atoms with van der Waals surface area (Å²) in [5.41, 5.74) is 0. The molecule has 1 saturated carbocycles. The van der Waals surface area contributed by atoms with Gasteiger partial charge in [0.1, 0.15) is 0 Å². The minimum absolute atomic E-state index is 0.0930. The number of carbonyl (C=O) groups excluding carboxylic acids is 1. The van der Waals surface area contributed by atoms with Gasteiger partial charge in [0.05, 0.1) is 6.10 Å². The van der Waals surface area contributed by atoms with Crippen LogP contribution in [0.5, 0.6) is 0 Å². The molecule has 0 amide bonds. The monoisotopic (exact) mass is 268 g/mol. The van der Waals surface area contributed by atoms with Crippen molar-refractivity contribution in [2.75, 3.05) is 0 Å². The first-order valence-electron chi connectivity index (χ1n) is 8.35. The zero-order valence-electron chi connectivity index (χ0n) is 13.0. The van der Waals surface area contributed by atoms with Crippen molar-refractivity contribution in [1.29, 1.82) is 0 Å². The fourth-order valence-electron chi connectivity index (χ4n) is 3.28. The van der Waals surface area contributed by atoms with Gasteiger partial charge in [-0.15, -0.1) is 0 Å². The van der Waals surface area contributed by atoms with Gasteiger partial charge in [-0.2, -0.15) is 0 Å². The van der Waals surface area contributed by atoms with Crippen molar-refractivity contribution in [2.24, 2.45) is 5.92 Å². The Morgan fingerprint density at radius 3 is 1.79 bits per heavy atom. The molecule has 19 heavy (non-hydrogen) atoms. The lowest BCUT2D eigenvalue weighted by molar-refractivity contribution is -0.146. The molecule has 1 atom stereocenters. The van der Waals surface area contributed by atoms with Crippen LogP contribution in [0, 0.1) is 5.92 Å². The minimum Gasteiger partial charge on any atom is -0.463 e. The van der Waals surface area contributed by atoms with Crippen molar-refractivity contribution in [2.45, 2.75) is 97.0 Å². The first-order chi connectivity index (χ1) is 9.18. The van der Waals surface area contributed by atoms with E-state index in [9.17, 15) is 4.79 Å². The highest BCUT2D eigenvalue weighted by Gasteiger charge is 2.15. The van der Waals surface area contributed by atoms with Crippen LogP contribution in [0.2, 0.25) is 0 Å². The number of rotatable bonds is 3. The number of esters is 1.